The molecular formula is C57H45N5O2. The van der Waals surface area contributed by atoms with Gasteiger partial charge in [-0.05, 0) is 41.3 Å². The van der Waals surface area contributed by atoms with Crippen molar-refractivity contribution in [3.63, 3.8) is 0 Å². The zero-order valence-corrected chi connectivity index (χ0v) is 35.2. The lowest BCUT2D eigenvalue weighted by molar-refractivity contribution is -0.134. The largest absolute Gasteiger partial charge is 0.480 e. The number of H-pyrrole nitrogens is 2. The fourth-order valence-electron chi connectivity index (χ4n) is 7.91. The van der Waals surface area contributed by atoms with Crippen LogP contribution in [0.25, 0.3) is 90.1 Å². The van der Waals surface area contributed by atoms with Crippen LogP contribution >= 0.6 is 0 Å². The Morgan fingerprint density at radius 3 is 1.25 bits per heavy atom. The fourth-order valence-corrected chi connectivity index (χ4v) is 7.91. The molecule has 0 atom stereocenters. The first-order valence-electron chi connectivity index (χ1n) is 21.2. The van der Waals surface area contributed by atoms with Crippen LogP contribution in [0.1, 0.15) is 5.56 Å². The molecule has 0 saturated heterocycles. The van der Waals surface area contributed by atoms with Crippen molar-refractivity contribution in [3.8, 4) is 90.1 Å². The first-order valence-corrected chi connectivity index (χ1v) is 21.2. The molecule has 0 aliphatic heterocycles. The molecule has 2 aromatic heterocycles. The van der Waals surface area contributed by atoms with E-state index in [4.69, 9.17) is 15.1 Å². The van der Waals surface area contributed by atoms with Gasteiger partial charge in [-0.15, -0.1) is 0 Å². The third kappa shape index (κ3) is 9.20. The van der Waals surface area contributed by atoms with Crippen molar-refractivity contribution in [2.75, 3.05) is 11.9 Å². The smallest absolute Gasteiger partial charge is 0.322 e. The number of aliphatic carboxylic acids is 1. The molecule has 310 valence electrons. The van der Waals surface area contributed by atoms with Gasteiger partial charge in [0.2, 0.25) is 0 Å². The quantitative estimate of drug-likeness (QED) is 0.104. The van der Waals surface area contributed by atoms with Gasteiger partial charge in [0.15, 0.2) is 0 Å². The van der Waals surface area contributed by atoms with Crippen LogP contribution in [0, 0.1) is 6.92 Å². The van der Waals surface area contributed by atoms with Crippen LogP contribution in [0.3, 0.4) is 0 Å². The molecule has 2 heterocycles. The maximum Gasteiger partial charge on any atom is 0.322 e. The van der Waals surface area contributed by atoms with E-state index in [0.29, 0.717) is 0 Å². The number of aromatic nitrogens is 4. The molecule has 0 amide bonds. The van der Waals surface area contributed by atoms with E-state index in [-0.39, 0.29) is 6.54 Å². The highest BCUT2D eigenvalue weighted by atomic mass is 16.4. The van der Waals surface area contributed by atoms with E-state index in [1.165, 1.54) is 16.7 Å². The van der Waals surface area contributed by atoms with Gasteiger partial charge in [-0.1, -0.05) is 212 Å². The van der Waals surface area contributed by atoms with Crippen LogP contribution < -0.4 is 5.32 Å². The number of carboxylic acids is 1. The lowest BCUT2D eigenvalue weighted by atomic mass is 9.98. The second-order valence-electron chi connectivity index (χ2n) is 15.4. The highest BCUT2D eigenvalue weighted by Gasteiger charge is 2.19. The Labute approximate surface area is 372 Å². The molecule has 7 heteroatoms. The summed E-state index contributed by atoms with van der Waals surface area (Å²) < 4.78 is 0. The van der Waals surface area contributed by atoms with E-state index in [0.717, 1.165) is 84.6 Å². The summed E-state index contributed by atoms with van der Waals surface area (Å²) in [5.41, 5.74) is 16.6. The maximum atomic E-state index is 11.0. The number of rotatable bonds is 11. The molecule has 0 unspecified atom stereocenters. The van der Waals surface area contributed by atoms with Gasteiger partial charge in [-0.2, -0.15) is 0 Å². The number of imidazole rings is 2. The molecule has 0 aliphatic carbocycles. The summed E-state index contributed by atoms with van der Waals surface area (Å²) in [6.45, 7) is 1.99. The van der Waals surface area contributed by atoms with Gasteiger partial charge in [-0.3, -0.25) is 4.79 Å². The van der Waals surface area contributed by atoms with Crippen molar-refractivity contribution in [1.29, 1.82) is 0 Å². The van der Waals surface area contributed by atoms with Gasteiger partial charge in [0, 0.05) is 39.1 Å². The van der Waals surface area contributed by atoms with E-state index in [9.17, 15) is 4.79 Å². The second-order valence-corrected chi connectivity index (χ2v) is 15.4. The molecular weight excluding hydrogens is 787 g/mol. The molecule has 0 aliphatic rings. The molecule has 0 bridgehead atoms. The maximum absolute atomic E-state index is 11.0. The number of aryl methyl sites for hydroxylation is 1. The van der Waals surface area contributed by atoms with Gasteiger partial charge in [0.1, 0.15) is 18.2 Å². The summed E-state index contributed by atoms with van der Waals surface area (Å²) in [6, 6.07) is 74.1. The number of carbonyl (C=O) groups is 1. The number of nitrogens with one attached hydrogen (secondary N) is 3. The number of nitrogens with zero attached hydrogens (tertiary/aromatic N) is 2. The van der Waals surface area contributed by atoms with Crippen molar-refractivity contribution in [2.45, 2.75) is 6.92 Å². The number of hydrogen-bond donors (Lipinski definition) is 4. The predicted octanol–water partition coefficient (Wildman–Crippen LogP) is 14.0. The Morgan fingerprint density at radius 2 is 0.812 bits per heavy atom. The molecule has 64 heavy (non-hydrogen) atoms. The molecule has 10 aromatic rings. The number of aromatic amines is 2. The highest BCUT2D eigenvalue weighted by Crippen LogP contribution is 2.39. The topological polar surface area (TPSA) is 107 Å². The summed E-state index contributed by atoms with van der Waals surface area (Å²) in [5, 5.41) is 11.9. The Balaban J connectivity index is 0.000000163. The first kappa shape index (κ1) is 40.8. The lowest BCUT2D eigenvalue weighted by Crippen LogP contribution is -2.12. The SMILES string of the molecule is Cc1cccc(-c2ccccc2-c2nc(-c3ccccc3)c(-c3ccccc3)[nH]2)c1.O=C(O)CNc1cccc(-c2ccccc2-c2nc(-c3ccccc3)c(-c3ccccc3)[nH]2)c1. The van der Waals surface area contributed by atoms with Crippen LogP contribution in [0.4, 0.5) is 5.69 Å². The third-order valence-corrected chi connectivity index (χ3v) is 10.9. The summed E-state index contributed by atoms with van der Waals surface area (Å²) in [4.78, 5) is 28.3. The Hall–Kier alpha value is -8.55. The minimum atomic E-state index is -0.900. The minimum Gasteiger partial charge on any atom is -0.480 e. The molecule has 0 spiro atoms. The summed E-state index contributed by atoms with van der Waals surface area (Å²) in [5.74, 6) is 0.755. The summed E-state index contributed by atoms with van der Waals surface area (Å²) >= 11 is 0. The van der Waals surface area contributed by atoms with E-state index in [1.807, 2.05) is 84.9 Å². The van der Waals surface area contributed by atoms with Gasteiger partial charge >= 0.3 is 5.97 Å². The Bertz CT molecular complexity index is 3030. The number of benzene rings is 8. The van der Waals surface area contributed by atoms with Gasteiger partial charge in [0.05, 0.1) is 22.8 Å². The lowest BCUT2D eigenvalue weighted by Gasteiger charge is -2.10. The van der Waals surface area contributed by atoms with Crippen molar-refractivity contribution in [3.05, 3.63) is 224 Å². The van der Waals surface area contributed by atoms with Gasteiger partial charge < -0.3 is 20.4 Å². The molecule has 8 aromatic carbocycles. The molecule has 10 rings (SSSR count). The second kappa shape index (κ2) is 19.0. The van der Waals surface area contributed by atoms with Crippen molar-refractivity contribution >= 4 is 11.7 Å². The normalized spacial score (nSPS) is 10.8. The van der Waals surface area contributed by atoms with E-state index in [2.05, 4.69) is 156 Å². The summed E-state index contributed by atoms with van der Waals surface area (Å²) in [6.07, 6.45) is 0. The zero-order valence-electron chi connectivity index (χ0n) is 35.2. The highest BCUT2D eigenvalue weighted by molar-refractivity contribution is 5.88. The monoisotopic (exact) mass is 831 g/mol. The number of carboxylic acid groups (broad SMARTS) is 1. The predicted molar refractivity (Wildman–Crippen MR) is 262 cm³/mol. The van der Waals surface area contributed by atoms with Gasteiger partial charge in [0.25, 0.3) is 0 Å². The van der Waals surface area contributed by atoms with Crippen molar-refractivity contribution in [1.82, 2.24) is 19.9 Å². The molecule has 7 nitrogen and oxygen atoms in total. The number of anilines is 1. The number of hydrogen-bond acceptors (Lipinski definition) is 4. The standard InChI is InChI=1S/C29H23N3O2.C28H22N2/c33-26(34)19-30-23-15-9-14-22(18-23)24-16-7-8-17-25(24)29-31-27(20-10-3-1-4-11-20)28(32-29)21-12-5-2-6-13-21;1-20-11-10-16-23(19-20)24-17-8-9-18-25(24)28-29-26(21-12-4-2-5-13-21)27(30-28)22-14-6-3-7-15-22/h1-18,30H,19H2,(H,31,32)(H,33,34);2-19H,1H3,(H,29,30). The zero-order chi connectivity index (χ0) is 43.7. The average molecular weight is 832 g/mol. The molecule has 0 saturated carbocycles. The van der Waals surface area contributed by atoms with E-state index < -0.39 is 5.97 Å². The third-order valence-electron chi connectivity index (χ3n) is 10.9. The first-order chi connectivity index (χ1) is 31.5. The molecule has 0 fully saturated rings. The van der Waals surface area contributed by atoms with Crippen LogP contribution in [-0.2, 0) is 4.79 Å². The minimum absolute atomic E-state index is 0.135. The van der Waals surface area contributed by atoms with Crippen LogP contribution in [-0.4, -0.2) is 37.6 Å². The van der Waals surface area contributed by atoms with E-state index >= 15 is 0 Å². The van der Waals surface area contributed by atoms with Crippen molar-refractivity contribution < 1.29 is 9.90 Å². The Kier molecular flexibility index (Phi) is 12.1. The molecule has 4 N–H and O–H groups in total. The average Bonchev–Trinajstić information content (AvgIpc) is 4.02. The van der Waals surface area contributed by atoms with Crippen molar-refractivity contribution in [2.24, 2.45) is 0 Å². The fraction of sp³-hybridized carbons (Fsp3) is 0.0351. The Morgan fingerprint density at radius 1 is 0.438 bits per heavy atom. The molecule has 0 radical (unpaired) electrons. The summed E-state index contributed by atoms with van der Waals surface area (Å²) in [7, 11) is 0. The van der Waals surface area contributed by atoms with Crippen LogP contribution in [0.2, 0.25) is 0 Å². The van der Waals surface area contributed by atoms with Gasteiger partial charge in [-0.25, -0.2) is 9.97 Å². The van der Waals surface area contributed by atoms with Crippen LogP contribution in [0.5, 0.6) is 0 Å². The van der Waals surface area contributed by atoms with Crippen LogP contribution in [0.15, 0.2) is 218 Å². The van der Waals surface area contributed by atoms with E-state index in [1.54, 1.807) is 0 Å².